The van der Waals surface area contributed by atoms with E-state index in [0.717, 1.165) is 34.5 Å². The predicted octanol–water partition coefficient (Wildman–Crippen LogP) is 4.67. The van der Waals surface area contributed by atoms with E-state index in [1.165, 1.54) is 0 Å². The SMILES string of the molecule is CCC(=O)OC(C)Cc1ccc(-n2c(CC)nc3cc(C(C)=O)ccc32)cc1. The summed E-state index contributed by atoms with van der Waals surface area (Å²) in [7, 11) is 0. The number of aryl methyl sites for hydroxylation is 1. The van der Waals surface area contributed by atoms with E-state index in [9.17, 15) is 9.59 Å². The average Bonchev–Trinajstić information content (AvgIpc) is 3.06. The molecule has 3 rings (SSSR count). The number of carbonyl (C=O) groups excluding carboxylic acids is 2. The Balaban J connectivity index is 1.90. The highest BCUT2D eigenvalue weighted by molar-refractivity contribution is 5.97. The van der Waals surface area contributed by atoms with Gasteiger partial charge in [-0.1, -0.05) is 26.0 Å². The van der Waals surface area contributed by atoms with E-state index in [0.29, 0.717) is 18.4 Å². The van der Waals surface area contributed by atoms with Gasteiger partial charge in [0.05, 0.1) is 11.0 Å². The molecule has 5 heteroatoms. The van der Waals surface area contributed by atoms with Crippen molar-refractivity contribution in [3.8, 4) is 5.69 Å². The van der Waals surface area contributed by atoms with E-state index >= 15 is 0 Å². The predicted molar refractivity (Wildman–Crippen MR) is 110 cm³/mol. The van der Waals surface area contributed by atoms with Crippen molar-refractivity contribution >= 4 is 22.8 Å². The first-order valence-corrected chi connectivity index (χ1v) is 9.74. The minimum atomic E-state index is -0.175. The third kappa shape index (κ3) is 4.14. The summed E-state index contributed by atoms with van der Waals surface area (Å²) in [6, 6.07) is 13.9. The van der Waals surface area contributed by atoms with Gasteiger partial charge >= 0.3 is 5.97 Å². The van der Waals surface area contributed by atoms with Crippen LogP contribution in [-0.4, -0.2) is 27.4 Å². The number of benzene rings is 2. The minimum Gasteiger partial charge on any atom is -0.462 e. The summed E-state index contributed by atoms with van der Waals surface area (Å²) in [5.74, 6) is 0.817. The number of nitrogens with zero attached hydrogens (tertiary/aromatic N) is 2. The number of hydrogen-bond acceptors (Lipinski definition) is 4. The zero-order valence-electron chi connectivity index (χ0n) is 16.9. The highest BCUT2D eigenvalue weighted by Crippen LogP contribution is 2.24. The van der Waals surface area contributed by atoms with Crippen LogP contribution in [-0.2, 0) is 22.4 Å². The molecule has 0 fully saturated rings. The van der Waals surface area contributed by atoms with Crippen LogP contribution in [0, 0.1) is 0 Å². The molecule has 1 atom stereocenters. The summed E-state index contributed by atoms with van der Waals surface area (Å²) in [6.45, 7) is 7.34. The van der Waals surface area contributed by atoms with Crippen LogP contribution in [0.4, 0.5) is 0 Å². The van der Waals surface area contributed by atoms with Crippen molar-refractivity contribution in [2.45, 2.75) is 53.1 Å². The Morgan fingerprint density at radius 1 is 1.11 bits per heavy atom. The van der Waals surface area contributed by atoms with Crippen LogP contribution in [0.1, 0.15) is 55.9 Å². The molecule has 0 aliphatic heterocycles. The Hall–Kier alpha value is -2.95. The molecule has 0 aliphatic rings. The zero-order chi connectivity index (χ0) is 20.3. The Bertz CT molecular complexity index is 1000. The third-order valence-electron chi connectivity index (χ3n) is 4.79. The smallest absolute Gasteiger partial charge is 0.305 e. The molecule has 28 heavy (non-hydrogen) atoms. The van der Waals surface area contributed by atoms with Gasteiger partial charge in [0.1, 0.15) is 11.9 Å². The van der Waals surface area contributed by atoms with Crippen molar-refractivity contribution < 1.29 is 14.3 Å². The largest absolute Gasteiger partial charge is 0.462 e. The van der Waals surface area contributed by atoms with Gasteiger partial charge in [-0.2, -0.15) is 0 Å². The van der Waals surface area contributed by atoms with Crippen LogP contribution in [0.25, 0.3) is 16.7 Å². The van der Waals surface area contributed by atoms with Gasteiger partial charge < -0.3 is 4.74 Å². The van der Waals surface area contributed by atoms with Crippen molar-refractivity contribution in [3.05, 3.63) is 59.4 Å². The van der Waals surface area contributed by atoms with E-state index in [1.54, 1.807) is 13.8 Å². The second-order valence-electron chi connectivity index (χ2n) is 7.00. The molecule has 0 spiro atoms. The Kier molecular flexibility index (Phi) is 5.93. The lowest BCUT2D eigenvalue weighted by molar-refractivity contribution is -0.147. The molecule has 0 radical (unpaired) electrons. The first-order valence-electron chi connectivity index (χ1n) is 9.74. The molecular weight excluding hydrogens is 352 g/mol. The number of fused-ring (bicyclic) bond motifs is 1. The van der Waals surface area contributed by atoms with Crippen LogP contribution in [0.3, 0.4) is 0 Å². The number of rotatable bonds is 7. The molecule has 146 valence electrons. The molecule has 0 aliphatic carbocycles. The quantitative estimate of drug-likeness (QED) is 0.443. The van der Waals surface area contributed by atoms with Gasteiger partial charge in [0, 0.05) is 30.5 Å². The van der Waals surface area contributed by atoms with Crippen molar-refractivity contribution in [2.75, 3.05) is 0 Å². The second kappa shape index (κ2) is 8.38. The summed E-state index contributed by atoms with van der Waals surface area (Å²) in [6.07, 6.45) is 1.71. The van der Waals surface area contributed by atoms with Crippen LogP contribution < -0.4 is 0 Å². The van der Waals surface area contributed by atoms with E-state index in [-0.39, 0.29) is 17.9 Å². The molecule has 0 bridgehead atoms. The van der Waals surface area contributed by atoms with Crippen molar-refractivity contribution in [2.24, 2.45) is 0 Å². The van der Waals surface area contributed by atoms with Crippen molar-refractivity contribution in [3.63, 3.8) is 0 Å². The molecule has 1 unspecified atom stereocenters. The lowest BCUT2D eigenvalue weighted by Gasteiger charge is -2.14. The Labute approximate surface area is 165 Å². The number of ether oxygens (including phenoxy) is 1. The molecule has 3 aromatic rings. The maximum atomic E-state index is 11.7. The third-order valence-corrected chi connectivity index (χ3v) is 4.79. The Morgan fingerprint density at radius 2 is 1.82 bits per heavy atom. The van der Waals surface area contributed by atoms with E-state index in [1.807, 2.05) is 25.1 Å². The Morgan fingerprint density at radius 3 is 2.43 bits per heavy atom. The van der Waals surface area contributed by atoms with Crippen molar-refractivity contribution in [1.29, 1.82) is 0 Å². The molecular formula is C23H26N2O3. The molecule has 0 amide bonds. The van der Waals surface area contributed by atoms with Crippen molar-refractivity contribution in [1.82, 2.24) is 9.55 Å². The van der Waals surface area contributed by atoms with E-state index in [4.69, 9.17) is 9.72 Å². The van der Waals surface area contributed by atoms with Gasteiger partial charge in [-0.3, -0.25) is 14.2 Å². The van der Waals surface area contributed by atoms with Gasteiger partial charge in [0.2, 0.25) is 0 Å². The van der Waals surface area contributed by atoms with E-state index < -0.39 is 0 Å². The molecule has 0 saturated heterocycles. The standard InChI is InChI=1S/C23H26N2O3/c1-5-22-24-20-14-18(16(4)26)9-12-21(20)25(22)19-10-7-17(8-11-19)13-15(3)28-23(27)6-2/h7-12,14-15H,5-6,13H2,1-4H3. The first-order chi connectivity index (χ1) is 13.4. The van der Waals surface area contributed by atoms with Gasteiger partial charge in [-0.15, -0.1) is 0 Å². The van der Waals surface area contributed by atoms with Crippen LogP contribution in [0.15, 0.2) is 42.5 Å². The number of aromatic nitrogens is 2. The monoisotopic (exact) mass is 378 g/mol. The highest BCUT2D eigenvalue weighted by atomic mass is 16.5. The summed E-state index contributed by atoms with van der Waals surface area (Å²) >= 11 is 0. The van der Waals surface area contributed by atoms with Gasteiger partial charge in [0.25, 0.3) is 0 Å². The van der Waals surface area contributed by atoms with Gasteiger partial charge in [0.15, 0.2) is 5.78 Å². The second-order valence-corrected chi connectivity index (χ2v) is 7.00. The number of esters is 1. The summed E-state index contributed by atoms with van der Waals surface area (Å²) in [4.78, 5) is 27.8. The first kappa shape index (κ1) is 19.8. The molecule has 1 heterocycles. The van der Waals surface area contributed by atoms with E-state index in [2.05, 4.69) is 35.8 Å². The summed E-state index contributed by atoms with van der Waals surface area (Å²) < 4.78 is 7.48. The highest BCUT2D eigenvalue weighted by Gasteiger charge is 2.14. The lowest BCUT2D eigenvalue weighted by atomic mass is 10.1. The molecule has 0 saturated carbocycles. The number of imidazole rings is 1. The van der Waals surface area contributed by atoms with Crippen LogP contribution >= 0.6 is 0 Å². The maximum Gasteiger partial charge on any atom is 0.305 e. The minimum absolute atomic E-state index is 0.0387. The summed E-state index contributed by atoms with van der Waals surface area (Å²) in [5, 5.41) is 0. The number of carbonyl (C=O) groups is 2. The van der Waals surface area contributed by atoms with Crippen LogP contribution in [0.2, 0.25) is 0 Å². The molecule has 5 nitrogen and oxygen atoms in total. The number of ketones is 1. The fourth-order valence-corrected chi connectivity index (χ4v) is 3.34. The van der Waals surface area contributed by atoms with Crippen LogP contribution in [0.5, 0.6) is 0 Å². The molecule has 0 N–H and O–H groups in total. The van der Waals surface area contributed by atoms with Gasteiger partial charge in [-0.25, -0.2) is 4.98 Å². The fourth-order valence-electron chi connectivity index (χ4n) is 3.34. The zero-order valence-corrected chi connectivity index (χ0v) is 16.9. The number of Topliss-reactive ketones (excluding diaryl/α,β-unsaturated/α-hetero) is 1. The van der Waals surface area contributed by atoms with Gasteiger partial charge in [-0.05, 0) is 49.7 Å². The normalized spacial score (nSPS) is 12.1. The average molecular weight is 378 g/mol. The number of hydrogen-bond donors (Lipinski definition) is 0. The molecule has 1 aromatic heterocycles. The molecule has 2 aromatic carbocycles. The lowest BCUT2D eigenvalue weighted by Crippen LogP contribution is -2.16. The summed E-state index contributed by atoms with van der Waals surface area (Å²) in [5.41, 5.74) is 4.62. The fraction of sp³-hybridized carbons (Fsp3) is 0.348. The maximum absolute atomic E-state index is 11.7. The topological polar surface area (TPSA) is 61.2 Å².